The van der Waals surface area contributed by atoms with Crippen molar-refractivity contribution in [1.82, 2.24) is 5.32 Å². The Morgan fingerprint density at radius 2 is 1.83 bits per heavy atom. The zero-order valence-corrected chi connectivity index (χ0v) is 14.0. The number of rotatable bonds is 3. The summed E-state index contributed by atoms with van der Waals surface area (Å²) in [6.45, 7) is 0.686. The number of carbonyl (C=O) groups is 3. The van der Waals surface area contributed by atoms with Crippen LogP contribution in [-0.2, 0) is 14.4 Å². The Balaban J connectivity index is 1.39. The standard InChI is InChI=1S/C20H25NO3/c22-17-12-6-7-14(17)16-15(12)13-8-9-20(16,18(13)23)19(24)21-10-11-4-2-1-3-5-11/h8-9,11-16H,1-7,10H2,(H,21,24). The Morgan fingerprint density at radius 1 is 1.08 bits per heavy atom. The molecule has 4 saturated carbocycles. The van der Waals surface area contributed by atoms with Crippen molar-refractivity contribution in [3.63, 3.8) is 0 Å². The lowest BCUT2D eigenvalue weighted by Crippen LogP contribution is -2.49. The summed E-state index contributed by atoms with van der Waals surface area (Å²) < 4.78 is 0. The van der Waals surface area contributed by atoms with Crippen LogP contribution in [0.2, 0.25) is 0 Å². The van der Waals surface area contributed by atoms with Gasteiger partial charge in [-0.3, -0.25) is 14.4 Å². The molecule has 0 aromatic heterocycles. The van der Waals surface area contributed by atoms with Crippen LogP contribution in [0.5, 0.6) is 0 Å². The third-order valence-electron chi connectivity index (χ3n) is 7.70. The van der Waals surface area contributed by atoms with Gasteiger partial charge in [0.1, 0.15) is 11.2 Å². The number of fused-ring (bicyclic) bond motifs is 9. The topological polar surface area (TPSA) is 63.2 Å². The van der Waals surface area contributed by atoms with E-state index in [0.717, 1.165) is 12.8 Å². The van der Waals surface area contributed by atoms with E-state index in [1.165, 1.54) is 32.1 Å². The van der Waals surface area contributed by atoms with Gasteiger partial charge in [-0.15, -0.1) is 0 Å². The van der Waals surface area contributed by atoms with Gasteiger partial charge in [0.15, 0.2) is 5.78 Å². The first-order chi connectivity index (χ1) is 11.6. The van der Waals surface area contributed by atoms with Crippen LogP contribution in [0, 0.1) is 40.9 Å². The summed E-state index contributed by atoms with van der Waals surface area (Å²) in [4.78, 5) is 38.6. The number of allylic oxidation sites excluding steroid dienone is 1. The van der Waals surface area contributed by atoms with Gasteiger partial charge in [0.25, 0.3) is 0 Å². The summed E-state index contributed by atoms with van der Waals surface area (Å²) in [6, 6.07) is 0. The zero-order valence-electron chi connectivity index (χ0n) is 14.0. The Morgan fingerprint density at radius 3 is 2.62 bits per heavy atom. The summed E-state index contributed by atoms with van der Waals surface area (Å²) in [6.07, 6.45) is 11.7. The molecule has 5 aliphatic carbocycles. The largest absolute Gasteiger partial charge is 0.355 e. The molecule has 5 rings (SSSR count). The molecule has 0 aromatic carbocycles. The highest BCUT2D eigenvalue weighted by molar-refractivity contribution is 6.15. The van der Waals surface area contributed by atoms with Crippen molar-refractivity contribution in [1.29, 1.82) is 0 Å². The number of hydrogen-bond acceptors (Lipinski definition) is 3. The van der Waals surface area contributed by atoms with Crippen LogP contribution >= 0.6 is 0 Å². The molecule has 6 atom stereocenters. The smallest absolute Gasteiger partial charge is 0.237 e. The molecule has 0 aromatic rings. The van der Waals surface area contributed by atoms with Crippen molar-refractivity contribution in [2.45, 2.75) is 44.9 Å². The van der Waals surface area contributed by atoms with E-state index in [-0.39, 0.29) is 41.3 Å². The van der Waals surface area contributed by atoms with Crippen LogP contribution in [0.25, 0.3) is 0 Å². The molecule has 24 heavy (non-hydrogen) atoms. The van der Waals surface area contributed by atoms with Crippen molar-refractivity contribution in [2.24, 2.45) is 40.9 Å². The lowest BCUT2D eigenvalue weighted by atomic mass is 9.66. The van der Waals surface area contributed by atoms with Gasteiger partial charge in [-0.05, 0) is 43.4 Å². The number of hydrogen-bond donors (Lipinski definition) is 1. The molecule has 6 unspecified atom stereocenters. The lowest BCUT2D eigenvalue weighted by Gasteiger charge is -2.36. The van der Waals surface area contributed by atoms with E-state index in [1.54, 1.807) is 0 Å². The average Bonchev–Trinajstić information content (AvgIpc) is 3.30. The molecule has 1 N–H and O–H groups in total. The second-order valence-electron chi connectivity index (χ2n) is 8.63. The summed E-state index contributed by atoms with van der Waals surface area (Å²) in [5, 5.41) is 3.11. The minimum absolute atomic E-state index is 0.0342. The average molecular weight is 327 g/mol. The highest BCUT2D eigenvalue weighted by Crippen LogP contribution is 2.67. The van der Waals surface area contributed by atoms with Gasteiger partial charge in [0.05, 0.1) is 0 Å². The minimum atomic E-state index is -1.03. The van der Waals surface area contributed by atoms with E-state index in [9.17, 15) is 14.4 Å². The number of Topliss-reactive ketones (excluding diaryl/α,β-unsaturated/α-hetero) is 2. The molecule has 0 spiro atoms. The number of nitrogens with one attached hydrogen (secondary N) is 1. The van der Waals surface area contributed by atoms with Gasteiger partial charge in [-0.25, -0.2) is 0 Å². The molecule has 4 nitrogen and oxygen atoms in total. The van der Waals surface area contributed by atoms with Gasteiger partial charge >= 0.3 is 0 Å². The Hall–Kier alpha value is -1.45. The van der Waals surface area contributed by atoms with Crippen LogP contribution in [0.1, 0.15) is 44.9 Å². The van der Waals surface area contributed by atoms with Crippen LogP contribution in [0.3, 0.4) is 0 Å². The maximum atomic E-state index is 13.1. The van der Waals surface area contributed by atoms with Crippen molar-refractivity contribution in [3.05, 3.63) is 12.2 Å². The molecule has 0 saturated heterocycles. The van der Waals surface area contributed by atoms with E-state index in [4.69, 9.17) is 0 Å². The molecular formula is C20H25NO3. The third kappa shape index (κ3) is 1.67. The Bertz CT molecular complexity index is 647. The maximum Gasteiger partial charge on any atom is 0.237 e. The molecular weight excluding hydrogens is 302 g/mol. The van der Waals surface area contributed by atoms with Gasteiger partial charge in [-0.2, -0.15) is 0 Å². The minimum Gasteiger partial charge on any atom is -0.355 e. The van der Waals surface area contributed by atoms with Crippen molar-refractivity contribution >= 4 is 17.5 Å². The highest BCUT2D eigenvalue weighted by atomic mass is 16.2. The molecule has 0 heterocycles. The summed E-state index contributed by atoms with van der Waals surface area (Å²) in [5.41, 5.74) is -1.03. The van der Waals surface area contributed by atoms with E-state index in [2.05, 4.69) is 5.32 Å². The second-order valence-corrected chi connectivity index (χ2v) is 8.63. The lowest BCUT2D eigenvalue weighted by molar-refractivity contribution is -0.140. The van der Waals surface area contributed by atoms with E-state index in [1.807, 2.05) is 12.2 Å². The molecule has 0 radical (unpaired) electrons. The van der Waals surface area contributed by atoms with E-state index < -0.39 is 5.41 Å². The molecule has 5 aliphatic rings. The fourth-order valence-corrected chi connectivity index (χ4v) is 6.66. The summed E-state index contributed by atoms with van der Waals surface area (Å²) >= 11 is 0. The summed E-state index contributed by atoms with van der Waals surface area (Å²) in [7, 11) is 0. The highest BCUT2D eigenvalue weighted by Gasteiger charge is 2.74. The number of amides is 1. The Kier molecular flexibility index (Phi) is 3.11. The molecule has 4 bridgehead atoms. The van der Waals surface area contributed by atoms with Gasteiger partial charge < -0.3 is 5.32 Å². The molecule has 0 aliphatic heterocycles. The molecule has 4 heteroatoms. The first-order valence-corrected chi connectivity index (χ1v) is 9.70. The van der Waals surface area contributed by atoms with Crippen LogP contribution in [-0.4, -0.2) is 24.0 Å². The summed E-state index contributed by atoms with van der Waals surface area (Å²) in [5.74, 6) is 0.672. The predicted molar refractivity (Wildman–Crippen MR) is 87.9 cm³/mol. The molecule has 1 amide bonds. The van der Waals surface area contributed by atoms with E-state index >= 15 is 0 Å². The van der Waals surface area contributed by atoms with E-state index in [0.29, 0.717) is 18.2 Å². The monoisotopic (exact) mass is 327 g/mol. The maximum absolute atomic E-state index is 13.1. The van der Waals surface area contributed by atoms with Crippen molar-refractivity contribution < 1.29 is 14.4 Å². The van der Waals surface area contributed by atoms with Crippen LogP contribution in [0.4, 0.5) is 0 Å². The SMILES string of the molecule is O=C1C2CCC1C1C2C2C=CC1(C(=O)NCC1CCCCC1)C2=O. The zero-order chi connectivity index (χ0) is 16.5. The quantitative estimate of drug-likeness (QED) is 0.491. The van der Waals surface area contributed by atoms with Gasteiger partial charge in [0.2, 0.25) is 5.91 Å². The fraction of sp³-hybridized carbons (Fsp3) is 0.750. The fourth-order valence-electron chi connectivity index (χ4n) is 6.66. The number of ketones is 2. The predicted octanol–water partition coefficient (Wildman–Crippen LogP) is 2.28. The second kappa shape index (κ2) is 5.03. The van der Waals surface area contributed by atoms with Crippen LogP contribution < -0.4 is 5.32 Å². The molecule has 4 fully saturated rings. The normalized spacial score (nSPS) is 45.9. The van der Waals surface area contributed by atoms with Gasteiger partial charge in [-0.1, -0.05) is 31.4 Å². The third-order valence-corrected chi connectivity index (χ3v) is 7.70. The first kappa shape index (κ1) is 14.9. The van der Waals surface area contributed by atoms with Gasteiger partial charge in [0, 0.05) is 24.3 Å². The number of carbonyl (C=O) groups excluding carboxylic acids is 3. The van der Waals surface area contributed by atoms with Crippen molar-refractivity contribution in [3.8, 4) is 0 Å². The van der Waals surface area contributed by atoms with Crippen LogP contribution in [0.15, 0.2) is 12.2 Å². The van der Waals surface area contributed by atoms with Crippen molar-refractivity contribution in [2.75, 3.05) is 6.54 Å². The first-order valence-electron chi connectivity index (χ1n) is 9.70. The molecule has 128 valence electrons. The Labute approximate surface area is 142 Å².